The monoisotopic (exact) mass is 322 g/mol. The van der Waals surface area contributed by atoms with Crippen LogP contribution in [0.4, 0.5) is 10.5 Å². The number of carbonyl (C=O) groups excluding carboxylic acids is 1. The molecular weight excluding hydrogens is 300 g/mol. The summed E-state index contributed by atoms with van der Waals surface area (Å²) in [7, 11) is 0. The maximum absolute atomic E-state index is 12.2. The molecule has 0 unspecified atom stereocenters. The van der Waals surface area contributed by atoms with E-state index < -0.39 is 5.60 Å². The molecule has 0 bridgehead atoms. The molecule has 22 heavy (non-hydrogen) atoms. The van der Waals surface area contributed by atoms with Gasteiger partial charge in [-0.3, -0.25) is 0 Å². The Morgan fingerprint density at radius 3 is 2.64 bits per heavy atom. The Morgan fingerprint density at radius 1 is 1.32 bits per heavy atom. The fourth-order valence-electron chi connectivity index (χ4n) is 3.39. The van der Waals surface area contributed by atoms with Crippen molar-refractivity contribution in [3.8, 4) is 0 Å². The Bertz CT molecular complexity index is 587. The zero-order chi connectivity index (χ0) is 16.0. The molecular formula is C17H23ClN2O2. The van der Waals surface area contributed by atoms with Crippen molar-refractivity contribution < 1.29 is 9.53 Å². The van der Waals surface area contributed by atoms with Crippen molar-refractivity contribution in [2.24, 2.45) is 0 Å². The topological polar surface area (TPSA) is 41.6 Å². The molecule has 4 nitrogen and oxygen atoms in total. The lowest BCUT2D eigenvalue weighted by Gasteiger charge is -2.39. The predicted octanol–water partition coefficient (Wildman–Crippen LogP) is 4.03. The van der Waals surface area contributed by atoms with Gasteiger partial charge >= 0.3 is 6.09 Å². The molecule has 3 rings (SSSR count). The van der Waals surface area contributed by atoms with Crippen molar-refractivity contribution in [1.82, 2.24) is 4.90 Å². The van der Waals surface area contributed by atoms with Gasteiger partial charge in [0.05, 0.1) is 10.7 Å². The average molecular weight is 323 g/mol. The maximum atomic E-state index is 12.2. The van der Waals surface area contributed by atoms with Gasteiger partial charge in [0.15, 0.2) is 0 Å². The van der Waals surface area contributed by atoms with Crippen LogP contribution in [0.25, 0.3) is 0 Å². The van der Waals surface area contributed by atoms with Gasteiger partial charge in [-0.25, -0.2) is 4.79 Å². The van der Waals surface area contributed by atoms with Gasteiger partial charge in [0.25, 0.3) is 0 Å². The molecule has 1 N–H and O–H groups in total. The number of likely N-dealkylation sites (tertiary alicyclic amines) is 1. The van der Waals surface area contributed by atoms with E-state index in [1.165, 1.54) is 5.56 Å². The smallest absolute Gasteiger partial charge is 0.410 e. The zero-order valence-corrected chi connectivity index (χ0v) is 14.2. The van der Waals surface area contributed by atoms with Crippen molar-refractivity contribution in [1.29, 1.82) is 0 Å². The molecule has 0 saturated carbocycles. The summed E-state index contributed by atoms with van der Waals surface area (Å²) >= 11 is 6.28. The van der Waals surface area contributed by atoms with Crippen LogP contribution in [0.1, 0.15) is 39.2 Å². The van der Waals surface area contributed by atoms with E-state index in [1.807, 2.05) is 37.8 Å². The van der Waals surface area contributed by atoms with Crippen molar-refractivity contribution in [3.63, 3.8) is 0 Å². The lowest BCUT2D eigenvalue weighted by Crippen LogP contribution is -2.47. The van der Waals surface area contributed by atoms with Gasteiger partial charge in [-0.05, 0) is 45.2 Å². The normalized spacial score (nSPS) is 19.7. The number of benzene rings is 1. The minimum absolute atomic E-state index is 0.0960. The number of carbonyl (C=O) groups is 1. The van der Waals surface area contributed by atoms with E-state index in [0.29, 0.717) is 0 Å². The lowest BCUT2D eigenvalue weighted by atomic mass is 9.74. The summed E-state index contributed by atoms with van der Waals surface area (Å²) in [4.78, 5) is 14.0. The lowest BCUT2D eigenvalue weighted by molar-refractivity contribution is 0.0172. The van der Waals surface area contributed by atoms with E-state index >= 15 is 0 Å². The third-order valence-corrected chi connectivity index (χ3v) is 4.88. The van der Waals surface area contributed by atoms with Crippen molar-refractivity contribution >= 4 is 23.4 Å². The first kappa shape index (κ1) is 15.5. The summed E-state index contributed by atoms with van der Waals surface area (Å²) in [6, 6.07) is 6.09. The Balaban J connectivity index is 1.71. The van der Waals surface area contributed by atoms with Gasteiger partial charge in [0, 0.05) is 25.0 Å². The number of hydrogen-bond acceptors (Lipinski definition) is 3. The van der Waals surface area contributed by atoms with Crippen LogP contribution >= 0.6 is 11.6 Å². The zero-order valence-electron chi connectivity index (χ0n) is 13.4. The second-order valence-corrected chi connectivity index (χ2v) is 7.67. The fourth-order valence-corrected chi connectivity index (χ4v) is 3.63. The molecule has 120 valence electrons. The largest absolute Gasteiger partial charge is 0.444 e. The summed E-state index contributed by atoms with van der Waals surface area (Å²) in [5, 5.41) is 4.23. The second-order valence-electron chi connectivity index (χ2n) is 7.26. The van der Waals surface area contributed by atoms with Crippen LogP contribution < -0.4 is 5.32 Å². The Kier molecular flexibility index (Phi) is 3.76. The van der Waals surface area contributed by atoms with E-state index in [2.05, 4.69) is 11.4 Å². The van der Waals surface area contributed by atoms with Crippen LogP contribution in [0.5, 0.6) is 0 Å². The quantitative estimate of drug-likeness (QED) is 0.784. The van der Waals surface area contributed by atoms with Gasteiger partial charge in [0.1, 0.15) is 5.60 Å². The van der Waals surface area contributed by atoms with Crippen molar-refractivity contribution in [2.75, 3.05) is 25.0 Å². The number of hydrogen-bond donors (Lipinski definition) is 1. The van der Waals surface area contributed by atoms with E-state index in [-0.39, 0.29) is 11.5 Å². The van der Waals surface area contributed by atoms with Crippen molar-refractivity contribution in [2.45, 2.75) is 44.6 Å². The minimum Gasteiger partial charge on any atom is -0.444 e. The van der Waals surface area contributed by atoms with Gasteiger partial charge in [0.2, 0.25) is 0 Å². The second kappa shape index (κ2) is 5.34. The molecule has 5 heteroatoms. The van der Waals surface area contributed by atoms with E-state index in [0.717, 1.165) is 43.2 Å². The number of amides is 1. The molecule has 0 radical (unpaired) electrons. The number of anilines is 1. The highest BCUT2D eigenvalue weighted by molar-refractivity contribution is 6.33. The van der Waals surface area contributed by atoms with Gasteiger partial charge < -0.3 is 15.0 Å². The number of ether oxygens (including phenoxy) is 1. The van der Waals surface area contributed by atoms with E-state index in [9.17, 15) is 4.79 Å². The van der Waals surface area contributed by atoms with E-state index in [1.54, 1.807) is 0 Å². The van der Waals surface area contributed by atoms with Crippen molar-refractivity contribution in [3.05, 3.63) is 28.8 Å². The van der Waals surface area contributed by atoms with Crippen LogP contribution in [-0.4, -0.2) is 36.2 Å². The fraction of sp³-hybridized carbons (Fsp3) is 0.588. The molecule has 2 aliphatic heterocycles. The SMILES string of the molecule is CC(C)(C)OC(=O)N1CCC2(CC1)CNc1c(Cl)cccc12. The third-order valence-electron chi connectivity index (χ3n) is 4.56. The highest BCUT2D eigenvalue weighted by Crippen LogP contribution is 2.46. The highest BCUT2D eigenvalue weighted by Gasteiger charge is 2.43. The first-order valence-corrected chi connectivity index (χ1v) is 8.19. The number of nitrogens with one attached hydrogen (secondary N) is 1. The number of para-hydroxylation sites is 1. The average Bonchev–Trinajstić information content (AvgIpc) is 2.78. The summed E-state index contributed by atoms with van der Waals surface area (Å²) < 4.78 is 5.47. The first-order chi connectivity index (χ1) is 10.3. The minimum atomic E-state index is -0.443. The van der Waals surface area contributed by atoms with Gasteiger partial charge in [-0.2, -0.15) is 0 Å². The first-order valence-electron chi connectivity index (χ1n) is 7.82. The molecule has 1 fully saturated rings. The van der Waals surface area contributed by atoms with Gasteiger partial charge in [-0.1, -0.05) is 23.7 Å². The third kappa shape index (κ3) is 2.76. The van der Waals surface area contributed by atoms with Crippen LogP contribution in [-0.2, 0) is 10.2 Å². The Labute approximate surface area is 136 Å². The van der Waals surface area contributed by atoms with Gasteiger partial charge in [-0.15, -0.1) is 0 Å². The number of rotatable bonds is 0. The number of piperidine rings is 1. The molecule has 1 amide bonds. The van der Waals surface area contributed by atoms with Crippen LogP contribution in [0.3, 0.4) is 0 Å². The molecule has 1 aromatic rings. The summed E-state index contributed by atoms with van der Waals surface area (Å²) in [6.45, 7) is 8.04. The highest BCUT2D eigenvalue weighted by atomic mass is 35.5. The molecule has 2 heterocycles. The van der Waals surface area contributed by atoms with Crippen LogP contribution in [0.2, 0.25) is 5.02 Å². The van der Waals surface area contributed by atoms with E-state index in [4.69, 9.17) is 16.3 Å². The Hall–Kier alpha value is -1.42. The molecule has 0 atom stereocenters. The molecule has 1 saturated heterocycles. The number of fused-ring (bicyclic) bond motifs is 2. The van der Waals surface area contributed by atoms with Crippen LogP contribution in [0.15, 0.2) is 18.2 Å². The van der Waals surface area contributed by atoms with Crippen LogP contribution in [0, 0.1) is 0 Å². The number of halogens is 1. The summed E-state index contributed by atoms with van der Waals surface area (Å²) in [6.07, 6.45) is 1.67. The molecule has 0 aromatic heterocycles. The summed E-state index contributed by atoms with van der Waals surface area (Å²) in [5.41, 5.74) is 2.01. The standard InChI is InChI=1S/C17H23ClN2O2/c1-16(2,3)22-15(21)20-9-7-17(8-10-20)11-19-14-12(17)5-4-6-13(14)18/h4-6,19H,7-11H2,1-3H3. The molecule has 1 spiro atoms. The molecule has 1 aromatic carbocycles. The predicted molar refractivity (Wildman–Crippen MR) is 88.7 cm³/mol. The summed E-state index contributed by atoms with van der Waals surface area (Å²) in [5.74, 6) is 0. The molecule has 0 aliphatic carbocycles. The maximum Gasteiger partial charge on any atom is 0.410 e. The molecule has 2 aliphatic rings. The number of nitrogens with zero attached hydrogens (tertiary/aromatic N) is 1. The Morgan fingerprint density at radius 2 is 2.00 bits per heavy atom.